The van der Waals surface area contributed by atoms with Gasteiger partial charge < -0.3 is 20.7 Å². The second-order valence-corrected chi connectivity index (χ2v) is 7.26. The highest BCUT2D eigenvalue weighted by molar-refractivity contribution is 5.96. The number of nitrogens with one attached hydrogen (secondary N) is 1. The van der Waals surface area contributed by atoms with Gasteiger partial charge in [-0.3, -0.25) is 24.7 Å². The first-order valence-electron chi connectivity index (χ1n) is 9.65. The van der Waals surface area contributed by atoms with Gasteiger partial charge in [0.25, 0.3) is 5.69 Å². The van der Waals surface area contributed by atoms with Crippen LogP contribution in [0.4, 0.5) is 5.69 Å². The normalized spacial score (nSPS) is 21.9. The van der Waals surface area contributed by atoms with Crippen LogP contribution in [0.1, 0.15) is 31.2 Å². The highest BCUT2D eigenvalue weighted by Gasteiger charge is 2.32. The summed E-state index contributed by atoms with van der Waals surface area (Å²) in [6.07, 6.45) is 2.46. The summed E-state index contributed by atoms with van der Waals surface area (Å²) in [6.45, 7) is 2.03. The molecule has 1 unspecified atom stereocenters. The number of nitro groups is 1. The lowest BCUT2D eigenvalue weighted by atomic mass is 10.2. The lowest BCUT2D eigenvalue weighted by Gasteiger charge is -2.20. The highest BCUT2D eigenvalue weighted by atomic mass is 16.6. The first kappa shape index (κ1) is 20.7. The predicted molar refractivity (Wildman–Crippen MR) is 105 cm³/mol. The van der Waals surface area contributed by atoms with Crippen molar-refractivity contribution < 1.29 is 19.2 Å². The number of amides is 1. The predicted octanol–water partition coefficient (Wildman–Crippen LogP) is 0.738. The Bertz CT molecular complexity index is 789. The van der Waals surface area contributed by atoms with Crippen LogP contribution in [0.15, 0.2) is 29.3 Å². The van der Waals surface area contributed by atoms with Gasteiger partial charge in [-0.15, -0.1) is 0 Å². The molecule has 156 valence electrons. The minimum atomic E-state index is -0.523. The van der Waals surface area contributed by atoms with Crippen LogP contribution in [-0.4, -0.2) is 59.3 Å². The van der Waals surface area contributed by atoms with Crippen LogP contribution in [0.3, 0.4) is 0 Å². The molecule has 3 N–H and O–H groups in total. The van der Waals surface area contributed by atoms with Crippen molar-refractivity contribution in [2.24, 2.45) is 10.7 Å². The topological polar surface area (TPSA) is 140 Å². The number of hydrogen-bond acceptors (Lipinski definition) is 7. The molecule has 0 spiro atoms. The number of non-ortho nitro benzene ring substituents is 1. The molecule has 0 saturated carbocycles. The molecule has 2 atom stereocenters. The van der Waals surface area contributed by atoms with Crippen molar-refractivity contribution in [3.8, 4) is 0 Å². The molecule has 1 aromatic carbocycles. The van der Waals surface area contributed by atoms with Gasteiger partial charge in [0.15, 0.2) is 0 Å². The van der Waals surface area contributed by atoms with E-state index in [1.165, 1.54) is 24.3 Å². The summed E-state index contributed by atoms with van der Waals surface area (Å²) in [7, 11) is 0. The fraction of sp³-hybridized carbons (Fsp3) is 0.526. The molecule has 1 aromatic rings. The number of nitrogens with two attached hydrogens (primary N) is 1. The second-order valence-electron chi connectivity index (χ2n) is 7.26. The maximum Gasteiger partial charge on any atom is 0.313 e. The number of amidine groups is 1. The molecule has 3 rings (SSSR count). The number of aliphatic imine (C=N–C) groups is 1. The lowest BCUT2D eigenvalue weighted by Crippen LogP contribution is -2.42. The van der Waals surface area contributed by atoms with Crippen molar-refractivity contribution >= 4 is 23.4 Å². The van der Waals surface area contributed by atoms with Crippen molar-refractivity contribution in [1.82, 2.24) is 10.2 Å². The summed E-state index contributed by atoms with van der Waals surface area (Å²) in [6, 6.07) is 5.58. The van der Waals surface area contributed by atoms with E-state index in [-0.39, 0.29) is 42.5 Å². The largest absolute Gasteiger partial charge is 0.460 e. The third-order valence-electron chi connectivity index (χ3n) is 5.05. The van der Waals surface area contributed by atoms with Crippen molar-refractivity contribution in [2.75, 3.05) is 19.6 Å². The molecule has 2 saturated heterocycles. The smallest absolute Gasteiger partial charge is 0.313 e. The monoisotopic (exact) mass is 403 g/mol. The Morgan fingerprint density at radius 2 is 2.07 bits per heavy atom. The third kappa shape index (κ3) is 5.74. The average Bonchev–Trinajstić information content (AvgIpc) is 3.38. The number of benzene rings is 1. The average molecular weight is 403 g/mol. The fourth-order valence-electron chi connectivity index (χ4n) is 3.52. The molecule has 1 amide bonds. The summed E-state index contributed by atoms with van der Waals surface area (Å²) in [5, 5.41) is 13.8. The van der Waals surface area contributed by atoms with Crippen LogP contribution in [0.5, 0.6) is 0 Å². The van der Waals surface area contributed by atoms with Gasteiger partial charge in [-0.05, 0) is 43.5 Å². The van der Waals surface area contributed by atoms with E-state index in [1.54, 1.807) is 4.90 Å². The lowest BCUT2D eigenvalue weighted by molar-refractivity contribution is -0.384. The number of esters is 1. The van der Waals surface area contributed by atoms with Crippen LogP contribution >= 0.6 is 0 Å². The van der Waals surface area contributed by atoms with Gasteiger partial charge in [-0.1, -0.05) is 0 Å². The van der Waals surface area contributed by atoms with E-state index in [0.717, 1.165) is 25.8 Å². The number of carbonyl (C=O) groups excluding carboxylic acids is 2. The minimum absolute atomic E-state index is 0.00417. The quantitative estimate of drug-likeness (QED) is 0.225. The van der Waals surface area contributed by atoms with E-state index in [9.17, 15) is 19.7 Å². The Labute approximate surface area is 168 Å². The Kier molecular flexibility index (Phi) is 6.76. The zero-order chi connectivity index (χ0) is 20.8. The molecule has 2 aliphatic rings. The molecule has 0 bridgehead atoms. The number of nitrogens with zero attached hydrogens (tertiary/aromatic N) is 3. The number of hydrogen-bond donors (Lipinski definition) is 2. The molecule has 10 heteroatoms. The van der Waals surface area contributed by atoms with Gasteiger partial charge in [0, 0.05) is 25.2 Å². The molecule has 2 fully saturated rings. The van der Waals surface area contributed by atoms with Crippen LogP contribution < -0.4 is 11.1 Å². The molecule has 2 heterocycles. The molecule has 29 heavy (non-hydrogen) atoms. The molecule has 10 nitrogen and oxygen atoms in total. The van der Waals surface area contributed by atoms with Gasteiger partial charge in [-0.25, -0.2) is 0 Å². The fourth-order valence-corrected chi connectivity index (χ4v) is 3.52. The summed E-state index contributed by atoms with van der Waals surface area (Å²) in [4.78, 5) is 40.7. The van der Waals surface area contributed by atoms with Crippen LogP contribution in [0.2, 0.25) is 0 Å². The molecular weight excluding hydrogens is 378 g/mol. The molecule has 2 aliphatic heterocycles. The van der Waals surface area contributed by atoms with Gasteiger partial charge in [-0.2, -0.15) is 0 Å². The van der Waals surface area contributed by atoms with Gasteiger partial charge in [0.2, 0.25) is 5.91 Å². The molecule has 0 aliphatic carbocycles. The van der Waals surface area contributed by atoms with Crippen molar-refractivity contribution in [1.29, 1.82) is 0 Å². The number of likely N-dealkylation sites (tertiary alicyclic amines) is 1. The molecular formula is C19H25N5O5. The van der Waals surface area contributed by atoms with Crippen LogP contribution in [0.25, 0.3) is 0 Å². The Balaban J connectivity index is 1.42. The van der Waals surface area contributed by atoms with Crippen molar-refractivity contribution in [3.05, 3.63) is 39.9 Å². The first-order chi connectivity index (χ1) is 13.9. The maximum atomic E-state index is 12.4. The second kappa shape index (κ2) is 9.46. The summed E-state index contributed by atoms with van der Waals surface area (Å²) >= 11 is 0. The van der Waals surface area contributed by atoms with Gasteiger partial charge in [0.05, 0.1) is 17.0 Å². The minimum Gasteiger partial charge on any atom is -0.460 e. The van der Waals surface area contributed by atoms with Gasteiger partial charge >= 0.3 is 5.97 Å². The van der Waals surface area contributed by atoms with E-state index in [4.69, 9.17) is 10.5 Å². The Morgan fingerprint density at radius 3 is 2.72 bits per heavy atom. The Hall–Kier alpha value is -3.01. The van der Waals surface area contributed by atoms with Crippen LogP contribution in [0, 0.1) is 10.1 Å². The standard InChI is InChI=1S/C19H25N5O5/c20-17(10-18(25)29-12-13-3-5-15(6-4-13)24(27)28)22-14-7-9-23(11-14)19(26)16-2-1-8-21-16/h3-6,14,16,21H,1-2,7-12H2,(H2,20,22)/t14-,16?/m0/s1. The molecule has 0 radical (unpaired) electrons. The number of nitro benzene ring substituents is 1. The summed E-state index contributed by atoms with van der Waals surface area (Å²) in [5.74, 6) is -0.232. The summed E-state index contributed by atoms with van der Waals surface area (Å²) in [5.41, 5.74) is 6.50. The van der Waals surface area contributed by atoms with Gasteiger partial charge in [0.1, 0.15) is 18.9 Å². The first-order valence-corrected chi connectivity index (χ1v) is 9.65. The number of rotatable bonds is 7. The van der Waals surface area contributed by atoms with E-state index in [0.29, 0.717) is 18.7 Å². The Morgan fingerprint density at radius 1 is 1.31 bits per heavy atom. The zero-order valence-electron chi connectivity index (χ0n) is 16.1. The van der Waals surface area contributed by atoms with Crippen LogP contribution in [-0.2, 0) is 20.9 Å². The highest BCUT2D eigenvalue weighted by Crippen LogP contribution is 2.17. The zero-order valence-corrected chi connectivity index (χ0v) is 16.1. The van der Waals surface area contributed by atoms with E-state index in [1.807, 2.05) is 0 Å². The number of carbonyl (C=O) groups is 2. The van der Waals surface area contributed by atoms with Crippen molar-refractivity contribution in [2.45, 2.75) is 44.4 Å². The maximum absolute atomic E-state index is 12.4. The van der Waals surface area contributed by atoms with E-state index < -0.39 is 10.9 Å². The number of ether oxygens (including phenoxy) is 1. The SMILES string of the molecule is NC(CC(=O)OCc1ccc([N+](=O)[O-])cc1)=N[C@H]1CCN(C(=O)C2CCCN2)C1. The summed E-state index contributed by atoms with van der Waals surface area (Å²) < 4.78 is 5.15. The van der Waals surface area contributed by atoms with E-state index in [2.05, 4.69) is 10.3 Å². The molecule has 0 aromatic heterocycles. The van der Waals surface area contributed by atoms with Crippen molar-refractivity contribution in [3.63, 3.8) is 0 Å². The third-order valence-corrected chi connectivity index (χ3v) is 5.05. The van der Waals surface area contributed by atoms with E-state index >= 15 is 0 Å².